The molecule has 5 rings (SSSR count). The Labute approximate surface area is 193 Å². The molecule has 1 aliphatic rings. The Morgan fingerprint density at radius 1 is 1.03 bits per heavy atom. The number of urea groups is 1. The predicted molar refractivity (Wildman–Crippen MR) is 129 cm³/mol. The van der Waals surface area contributed by atoms with E-state index in [0.717, 1.165) is 28.9 Å². The Morgan fingerprint density at radius 3 is 2.58 bits per heavy atom. The molecule has 1 atom stereocenters. The van der Waals surface area contributed by atoms with Gasteiger partial charge in [0, 0.05) is 17.6 Å². The van der Waals surface area contributed by atoms with Gasteiger partial charge in [-0.1, -0.05) is 55.5 Å². The Kier molecular flexibility index (Phi) is 5.47. The van der Waals surface area contributed by atoms with Crippen molar-refractivity contribution < 1.29 is 9.18 Å². The summed E-state index contributed by atoms with van der Waals surface area (Å²) < 4.78 is 16.3. The van der Waals surface area contributed by atoms with Crippen molar-refractivity contribution in [3.05, 3.63) is 119 Å². The number of nitrogens with one attached hydrogen (secondary N) is 1. The molecule has 0 unspecified atom stereocenters. The van der Waals surface area contributed by atoms with Crippen molar-refractivity contribution >= 4 is 11.7 Å². The minimum atomic E-state index is -0.338. The summed E-state index contributed by atoms with van der Waals surface area (Å²) in [6.07, 6.45) is 2.99. The Balaban J connectivity index is 1.61. The summed E-state index contributed by atoms with van der Waals surface area (Å²) in [5.74, 6) is -0.338. The zero-order valence-electron chi connectivity index (χ0n) is 18.8. The lowest BCUT2D eigenvalue weighted by atomic mass is 10.00. The molecule has 0 bridgehead atoms. The summed E-state index contributed by atoms with van der Waals surface area (Å²) in [6.45, 7) is 4.26. The van der Waals surface area contributed by atoms with E-state index >= 15 is 0 Å². The normalized spacial score (nSPS) is 14.9. The smallest absolute Gasteiger partial charge is 0.318 e. The average molecular weight is 440 g/mol. The zero-order valence-corrected chi connectivity index (χ0v) is 18.8. The first kappa shape index (κ1) is 21.0. The van der Waals surface area contributed by atoms with Gasteiger partial charge < -0.3 is 14.8 Å². The molecular formula is C28H26FN3O. The molecule has 4 aromatic rings. The number of carbonyl (C=O) groups excluding carboxylic acids is 1. The highest BCUT2D eigenvalue weighted by Crippen LogP contribution is 2.37. The highest BCUT2D eigenvalue weighted by atomic mass is 19.1. The standard InChI is InChI=1S/C28H26FN3O/c1-3-20-11-13-21(14-12-20)27-26-9-6-16-31(26)25-8-5-4-7-22(25)18-32(27)28(33)30-23-15-10-19(2)24(29)17-23/h4-17,27H,3,18H2,1-2H3,(H,30,33)/t27-/m1/s1. The molecule has 1 N–H and O–H groups in total. The first-order valence-electron chi connectivity index (χ1n) is 11.2. The van der Waals surface area contributed by atoms with Crippen LogP contribution in [0.5, 0.6) is 0 Å². The number of para-hydroxylation sites is 1. The molecule has 3 aromatic carbocycles. The fourth-order valence-corrected chi connectivity index (χ4v) is 4.49. The van der Waals surface area contributed by atoms with Crippen molar-refractivity contribution in [1.82, 2.24) is 9.47 Å². The van der Waals surface area contributed by atoms with Gasteiger partial charge in [0.2, 0.25) is 0 Å². The lowest BCUT2D eigenvalue weighted by Gasteiger charge is -2.31. The van der Waals surface area contributed by atoms with E-state index in [-0.39, 0.29) is 17.9 Å². The number of nitrogens with zero attached hydrogens (tertiary/aromatic N) is 2. The minimum absolute atomic E-state index is 0.271. The summed E-state index contributed by atoms with van der Waals surface area (Å²) in [6, 6.07) is 24.8. The van der Waals surface area contributed by atoms with Crippen LogP contribution in [0.15, 0.2) is 85.1 Å². The number of carbonyl (C=O) groups is 1. The van der Waals surface area contributed by atoms with Gasteiger partial charge in [0.15, 0.2) is 0 Å². The van der Waals surface area contributed by atoms with E-state index in [1.807, 2.05) is 35.4 Å². The van der Waals surface area contributed by atoms with Crippen LogP contribution in [0.4, 0.5) is 14.9 Å². The molecule has 4 nitrogen and oxygen atoms in total. The van der Waals surface area contributed by atoms with E-state index in [9.17, 15) is 9.18 Å². The second kappa shape index (κ2) is 8.58. The number of amides is 2. The summed E-state index contributed by atoms with van der Waals surface area (Å²) in [5.41, 5.74) is 6.38. The van der Waals surface area contributed by atoms with Crippen LogP contribution in [0, 0.1) is 12.7 Å². The summed E-state index contributed by atoms with van der Waals surface area (Å²) >= 11 is 0. The number of halogens is 1. The molecule has 0 radical (unpaired) electrons. The maximum atomic E-state index is 14.1. The second-order valence-electron chi connectivity index (χ2n) is 8.45. The molecule has 0 aliphatic carbocycles. The molecule has 166 valence electrons. The van der Waals surface area contributed by atoms with Gasteiger partial charge in [-0.3, -0.25) is 0 Å². The third-order valence-corrected chi connectivity index (χ3v) is 6.35. The highest BCUT2D eigenvalue weighted by Gasteiger charge is 2.33. The molecule has 0 fully saturated rings. The highest BCUT2D eigenvalue weighted by molar-refractivity contribution is 5.90. The number of fused-ring (bicyclic) bond motifs is 3. The van der Waals surface area contributed by atoms with Gasteiger partial charge in [0.1, 0.15) is 5.82 Å². The average Bonchev–Trinajstić information content (AvgIpc) is 3.26. The van der Waals surface area contributed by atoms with Crippen LogP contribution in [-0.4, -0.2) is 15.5 Å². The summed E-state index contributed by atoms with van der Waals surface area (Å²) in [7, 11) is 0. The molecule has 0 saturated heterocycles. The van der Waals surface area contributed by atoms with Crippen LogP contribution in [0.25, 0.3) is 5.69 Å². The molecule has 2 heterocycles. The van der Waals surface area contributed by atoms with Crippen molar-refractivity contribution in [1.29, 1.82) is 0 Å². The Morgan fingerprint density at radius 2 is 1.82 bits per heavy atom. The van der Waals surface area contributed by atoms with Crippen LogP contribution >= 0.6 is 0 Å². The third kappa shape index (κ3) is 3.91. The van der Waals surface area contributed by atoms with Crippen molar-refractivity contribution in [3.63, 3.8) is 0 Å². The quantitative estimate of drug-likeness (QED) is 0.382. The first-order valence-corrected chi connectivity index (χ1v) is 11.2. The predicted octanol–water partition coefficient (Wildman–Crippen LogP) is 6.62. The minimum Gasteiger partial charge on any atom is -0.318 e. The molecule has 0 saturated carbocycles. The number of anilines is 1. The first-order chi connectivity index (χ1) is 16.0. The van der Waals surface area contributed by atoms with Gasteiger partial charge in [0.05, 0.1) is 18.3 Å². The number of hydrogen-bond donors (Lipinski definition) is 1. The molecule has 5 heteroatoms. The zero-order chi connectivity index (χ0) is 22.9. The Hall–Kier alpha value is -3.86. The SMILES string of the molecule is CCc1ccc([C@@H]2c3cccn3-c3ccccc3CN2C(=O)Nc2ccc(C)c(F)c2)cc1. The van der Waals surface area contributed by atoms with Crippen molar-refractivity contribution in [2.45, 2.75) is 32.9 Å². The fraction of sp³-hybridized carbons (Fsp3) is 0.179. The lowest BCUT2D eigenvalue weighted by molar-refractivity contribution is 0.194. The maximum absolute atomic E-state index is 14.1. The van der Waals surface area contributed by atoms with Gasteiger partial charge >= 0.3 is 6.03 Å². The topological polar surface area (TPSA) is 37.3 Å². The van der Waals surface area contributed by atoms with Crippen molar-refractivity contribution in [3.8, 4) is 5.69 Å². The van der Waals surface area contributed by atoms with Gasteiger partial charge in [-0.25, -0.2) is 9.18 Å². The number of hydrogen-bond acceptors (Lipinski definition) is 1. The van der Waals surface area contributed by atoms with Crippen molar-refractivity contribution in [2.24, 2.45) is 0 Å². The summed E-state index contributed by atoms with van der Waals surface area (Å²) in [5, 5.41) is 2.92. The molecular weight excluding hydrogens is 413 g/mol. The van der Waals surface area contributed by atoms with Gasteiger partial charge in [-0.05, 0) is 65.9 Å². The van der Waals surface area contributed by atoms with E-state index in [2.05, 4.69) is 53.2 Å². The summed E-state index contributed by atoms with van der Waals surface area (Å²) in [4.78, 5) is 15.5. The van der Waals surface area contributed by atoms with Crippen LogP contribution in [-0.2, 0) is 13.0 Å². The van der Waals surface area contributed by atoms with E-state index < -0.39 is 0 Å². The number of aryl methyl sites for hydroxylation is 2. The van der Waals surface area contributed by atoms with Crippen LogP contribution in [0.3, 0.4) is 0 Å². The second-order valence-corrected chi connectivity index (χ2v) is 8.45. The Bertz CT molecular complexity index is 1310. The van der Waals surface area contributed by atoms with Crippen molar-refractivity contribution in [2.75, 3.05) is 5.32 Å². The van der Waals surface area contributed by atoms with Gasteiger partial charge in [-0.2, -0.15) is 0 Å². The molecule has 1 aliphatic heterocycles. The van der Waals surface area contributed by atoms with Gasteiger partial charge in [0.25, 0.3) is 0 Å². The van der Waals surface area contributed by atoms with E-state index in [0.29, 0.717) is 17.8 Å². The fourth-order valence-electron chi connectivity index (χ4n) is 4.49. The molecule has 1 aromatic heterocycles. The maximum Gasteiger partial charge on any atom is 0.322 e. The van der Waals surface area contributed by atoms with Gasteiger partial charge in [-0.15, -0.1) is 0 Å². The van der Waals surface area contributed by atoms with Crippen LogP contribution in [0.1, 0.15) is 40.9 Å². The number of benzene rings is 3. The number of rotatable bonds is 3. The van der Waals surface area contributed by atoms with Crippen LogP contribution < -0.4 is 5.32 Å². The number of aromatic nitrogens is 1. The van der Waals surface area contributed by atoms with E-state index in [4.69, 9.17) is 0 Å². The molecule has 2 amide bonds. The van der Waals surface area contributed by atoms with E-state index in [1.54, 1.807) is 19.1 Å². The lowest BCUT2D eigenvalue weighted by Crippen LogP contribution is -2.38. The van der Waals surface area contributed by atoms with E-state index in [1.165, 1.54) is 11.6 Å². The monoisotopic (exact) mass is 439 g/mol. The van der Waals surface area contributed by atoms with Crippen LogP contribution in [0.2, 0.25) is 0 Å². The molecule has 33 heavy (non-hydrogen) atoms. The molecule has 0 spiro atoms. The largest absolute Gasteiger partial charge is 0.322 e. The third-order valence-electron chi connectivity index (χ3n) is 6.35.